The lowest BCUT2D eigenvalue weighted by molar-refractivity contribution is -0.148. The second-order valence-corrected chi connectivity index (χ2v) is 14.8. The lowest BCUT2D eigenvalue weighted by Gasteiger charge is -2.47. The number of carboxylic acid groups (broad SMARTS) is 1. The zero-order valence-electron chi connectivity index (χ0n) is 26.5. The van der Waals surface area contributed by atoms with Crippen LogP contribution in [0.25, 0.3) is 33.3 Å². The average molecular weight is 685 g/mol. The molecular formula is C37H31F3N4O4S. The van der Waals surface area contributed by atoms with Crippen LogP contribution in [0.4, 0.5) is 19.0 Å². The highest BCUT2D eigenvalue weighted by molar-refractivity contribution is 7.90. The molecule has 2 atom stereocenters. The molecule has 5 aromatic rings. The molecule has 12 heteroatoms. The molecule has 0 aliphatic heterocycles. The maximum atomic E-state index is 16.8. The van der Waals surface area contributed by atoms with Gasteiger partial charge in [0.1, 0.15) is 17.4 Å². The van der Waals surface area contributed by atoms with E-state index in [0.29, 0.717) is 15.6 Å². The van der Waals surface area contributed by atoms with Crippen molar-refractivity contribution in [3.05, 3.63) is 101 Å². The third-order valence-corrected chi connectivity index (χ3v) is 11.7. The largest absolute Gasteiger partial charge is 0.481 e. The van der Waals surface area contributed by atoms with Gasteiger partial charge >= 0.3 is 5.97 Å². The number of benzene rings is 3. The van der Waals surface area contributed by atoms with Crippen molar-refractivity contribution in [1.82, 2.24) is 8.96 Å². The number of carbonyl (C=O) groups is 1. The molecule has 2 bridgehead atoms. The number of nitrogens with zero attached hydrogens (tertiary/aromatic N) is 3. The number of aliphatic carboxylic acids is 1. The molecule has 3 aliphatic carbocycles. The molecule has 3 aromatic carbocycles. The standard InChI is InChI=1S/C37H31F3N4O4S/c1-19-3-7-21(8-4-19)30-27(17-41)34(43-36(32(30)40)42-33-23-11-9-22(10-12-23)31(33)37(45)46)28-18-44(35-26(28)15-24(38)16-29(35)39)49(47,48)25-13-5-20(2)6-14-25/h3-8,13-16,18,22-23,31,33H,9-12H2,1-2H3,(H,42,43)(H,45,46). The van der Waals surface area contributed by atoms with E-state index < -0.39 is 50.9 Å². The number of carboxylic acids is 1. The Bertz CT molecular complexity index is 2290. The van der Waals surface area contributed by atoms with E-state index in [1.165, 1.54) is 12.1 Å². The second kappa shape index (κ2) is 12.1. The van der Waals surface area contributed by atoms with Crippen LogP contribution in [-0.2, 0) is 14.8 Å². The number of hydrogen-bond acceptors (Lipinski definition) is 6. The summed E-state index contributed by atoms with van der Waals surface area (Å²) in [4.78, 5) is 16.8. The number of rotatable bonds is 7. The van der Waals surface area contributed by atoms with Gasteiger partial charge in [-0.15, -0.1) is 0 Å². The van der Waals surface area contributed by atoms with E-state index in [1.807, 2.05) is 13.0 Å². The molecule has 250 valence electrons. The Kier molecular flexibility index (Phi) is 7.98. The molecule has 49 heavy (non-hydrogen) atoms. The quantitative estimate of drug-likeness (QED) is 0.179. The minimum Gasteiger partial charge on any atom is -0.481 e. The Morgan fingerprint density at radius 1 is 0.959 bits per heavy atom. The van der Waals surface area contributed by atoms with Gasteiger partial charge in [-0.2, -0.15) is 5.26 Å². The molecule has 3 fully saturated rings. The third kappa shape index (κ3) is 5.42. The number of aromatic nitrogens is 2. The van der Waals surface area contributed by atoms with E-state index in [0.717, 1.165) is 49.1 Å². The fourth-order valence-corrected chi connectivity index (χ4v) is 8.95. The first-order chi connectivity index (χ1) is 23.4. The van der Waals surface area contributed by atoms with E-state index in [4.69, 9.17) is 0 Å². The summed E-state index contributed by atoms with van der Waals surface area (Å²) >= 11 is 0. The summed E-state index contributed by atoms with van der Waals surface area (Å²) in [5, 5.41) is 23.6. The molecular weight excluding hydrogens is 653 g/mol. The summed E-state index contributed by atoms with van der Waals surface area (Å²) in [6.07, 6.45) is 4.06. The number of nitriles is 1. The smallest absolute Gasteiger partial charge is 0.308 e. The number of fused-ring (bicyclic) bond motifs is 4. The van der Waals surface area contributed by atoms with E-state index in [1.54, 1.807) is 43.3 Å². The second-order valence-electron chi connectivity index (χ2n) is 13.0. The van der Waals surface area contributed by atoms with Crippen LogP contribution < -0.4 is 5.32 Å². The van der Waals surface area contributed by atoms with Crippen LogP contribution in [0.15, 0.2) is 71.8 Å². The molecule has 0 amide bonds. The van der Waals surface area contributed by atoms with Crippen LogP contribution in [-0.4, -0.2) is 34.5 Å². The van der Waals surface area contributed by atoms with E-state index in [-0.39, 0.29) is 50.3 Å². The Hall–Kier alpha value is -5.15. The predicted molar refractivity (Wildman–Crippen MR) is 178 cm³/mol. The molecule has 2 aromatic heterocycles. The molecule has 2 unspecified atom stereocenters. The van der Waals surface area contributed by atoms with Crippen molar-refractivity contribution in [2.45, 2.75) is 50.5 Å². The predicted octanol–water partition coefficient (Wildman–Crippen LogP) is 7.81. The molecule has 8 rings (SSSR count). The highest BCUT2D eigenvalue weighted by atomic mass is 32.2. The van der Waals surface area contributed by atoms with Crippen molar-refractivity contribution < 1.29 is 31.5 Å². The van der Waals surface area contributed by atoms with Gasteiger partial charge in [-0.25, -0.2) is 30.5 Å². The lowest BCUT2D eigenvalue weighted by atomic mass is 9.61. The van der Waals surface area contributed by atoms with Crippen molar-refractivity contribution in [3.8, 4) is 28.5 Å². The van der Waals surface area contributed by atoms with Crippen LogP contribution in [0.2, 0.25) is 0 Å². The number of aryl methyl sites for hydroxylation is 2. The number of anilines is 1. The first-order valence-corrected chi connectivity index (χ1v) is 17.4. The van der Waals surface area contributed by atoms with Gasteiger partial charge in [-0.05, 0) is 75.1 Å². The zero-order valence-corrected chi connectivity index (χ0v) is 27.4. The van der Waals surface area contributed by atoms with Gasteiger partial charge in [0.15, 0.2) is 17.5 Å². The van der Waals surface area contributed by atoms with E-state index in [2.05, 4.69) is 10.3 Å². The van der Waals surface area contributed by atoms with Crippen molar-refractivity contribution in [2.75, 3.05) is 5.32 Å². The molecule has 8 nitrogen and oxygen atoms in total. The Morgan fingerprint density at radius 3 is 2.18 bits per heavy atom. The first kappa shape index (κ1) is 32.4. The number of pyridine rings is 1. The minimum absolute atomic E-state index is 0.0704. The Labute approximate surface area is 280 Å². The number of hydrogen-bond donors (Lipinski definition) is 2. The van der Waals surface area contributed by atoms with Gasteiger partial charge < -0.3 is 10.4 Å². The van der Waals surface area contributed by atoms with Gasteiger partial charge in [0.25, 0.3) is 10.0 Å². The third-order valence-electron chi connectivity index (χ3n) is 10.0. The molecule has 2 heterocycles. The summed E-state index contributed by atoms with van der Waals surface area (Å²) in [7, 11) is -4.47. The minimum atomic E-state index is -4.47. The highest BCUT2D eigenvalue weighted by Crippen LogP contribution is 2.47. The van der Waals surface area contributed by atoms with Crippen molar-refractivity contribution in [2.24, 2.45) is 17.8 Å². The molecule has 0 spiro atoms. The summed E-state index contributed by atoms with van der Waals surface area (Å²) in [6.45, 7) is 3.62. The van der Waals surface area contributed by atoms with Gasteiger partial charge in [-0.3, -0.25) is 4.79 Å². The number of halogens is 3. The maximum absolute atomic E-state index is 16.8. The fraction of sp³-hybridized carbons (Fsp3) is 0.270. The molecule has 3 saturated carbocycles. The SMILES string of the molecule is Cc1ccc(-c2c(F)c(NC3C4CCC(CC4)C3C(=O)O)nc(-c3cn(S(=O)(=O)c4ccc(C)cc4)c4c(F)cc(F)cc34)c2C#N)cc1. The molecule has 0 saturated heterocycles. The van der Waals surface area contributed by atoms with Gasteiger partial charge in [0.2, 0.25) is 0 Å². The lowest BCUT2D eigenvalue weighted by Crippen LogP contribution is -2.51. The molecule has 0 radical (unpaired) electrons. The molecule has 2 N–H and O–H groups in total. The zero-order chi connectivity index (χ0) is 34.8. The monoisotopic (exact) mass is 684 g/mol. The van der Waals surface area contributed by atoms with Crippen LogP contribution in [0.1, 0.15) is 42.4 Å². The number of nitrogens with one attached hydrogen (secondary N) is 1. The summed E-state index contributed by atoms with van der Waals surface area (Å²) in [5.74, 6) is -5.40. The maximum Gasteiger partial charge on any atom is 0.308 e. The van der Waals surface area contributed by atoms with Crippen LogP contribution in [0.5, 0.6) is 0 Å². The van der Waals surface area contributed by atoms with Crippen molar-refractivity contribution in [3.63, 3.8) is 0 Å². The van der Waals surface area contributed by atoms with Gasteiger partial charge in [0.05, 0.1) is 22.1 Å². The normalized spacial score (nSPS) is 20.3. The van der Waals surface area contributed by atoms with Crippen molar-refractivity contribution in [1.29, 1.82) is 5.26 Å². The highest BCUT2D eigenvalue weighted by Gasteiger charge is 2.48. The first-order valence-electron chi connectivity index (χ1n) is 15.9. The summed E-state index contributed by atoms with van der Waals surface area (Å²) in [5.41, 5.74) is 0.686. The fourth-order valence-electron chi connectivity index (χ4n) is 7.57. The van der Waals surface area contributed by atoms with Crippen LogP contribution in [0, 0.1) is 60.4 Å². The molecule has 3 aliphatic rings. The average Bonchev–Trinajstić information content (AvgIpc) is 3.47. The Morgan fingerprint density at radius 2 is 1.57 bits per heavy atom. The van der Waals surface area contributed by atoms with E-state index >= 15 is 8.78 Å². The van der Waals surface area contributed by atoms with Crippen LogP contribution in [0.3, 0.4) is 0 Å². The summed E-state index contributed by atoms with van der Waals surface area (Å²) in [6, 6.07) is 15.4. The topological polar surface area (TPSA) is 125 Å². The van der Waals surface area contributed by atoms with Gasteiger partial charge in [-0.1, -0.05) is 47.5 Å². The van der Waals surface area contributed by atoms with Crippen molar-refractivity contribution >= 4 is 32.7 Å². The van der Waals surface area contributed by atoms with Crippen LogP contribution >= 0.6 is 0 Å². The van der Waals surface area contributed by atoms with E-state index in [9.17, 15) is 28.0 Å². The Balaban J connectivity index is 1.51. The summed E-state index contributed by atoms with van der Waals surface area (Å²) < 4.78 is 75.9. The van der Waals surface area contributed by atoms with Gasteiger partial charge in [0, 0.05) is 34.8 Å².